The molecule has 0 aliphatic rings. The number of rotatable bonds is 4. The van der Waals surface area contributed by atoms with Crippen LogP contribution >= 0.6 is 11.3 Å². The van der Waals surface area contributed by atoms with Gasteiger partial charge in [-0.1, -0.05) is 0 Å². The molecule has 5 nitrogen and oxygen atoms in total. The topological polar surface area (TPSA) is 44.4 Å². The van der Waals surface area contributed by atoms with Crippen molar-refractivity contribution in [1.29, 1.82) is 0 Å². The highest BCUT2D eigenvalue weighted by atomic mass is 32.1. The van der Waals surface area contributed by atoms with Gasteiger partial charge in [0, 0.05) is 35.4 Å². The molecule has 0 unspecified atom stereocenters. The number of imidazole rings is 1. The molecule has 0 aliphatic heterocycles. The van der Waals surface area contributed by atoms with Gasteiger partial charge in [-0.05, 0) is 48.0 Å². The van der Waals surface area contributed by atoms with Crippen LogP contribution in [0.15, 0.2) is 67.3 Å². The van der Waals surface area contributed by atoms with Gasteiger partial charge in [0.25, 0.3) is 0 Å². The van der Waals surface area contributed by atoms with Gasteiger partial charge in [-0.25, -0.2) is 4.98 Å². The number of fused-ring (bicyclic) bond motifs is 1. The summed E-state index contributed by atoms with van der Waals surface area (Å²) >= 11 is 1.47. The molecule has 0 saturated carbocycles. The van der Waals surface area contributed by atoms with Crippen LogP contribution < -0.4 is 4.74 Å². The van der Waals surface area contributed by atoms with E-state index in [0.717, 1.165) is 44.4 Å². The van der Waals surface area contributed by atoms with Gasteiger partial charge in [0.1, 0.15) is 11.4 Å². The maximum absolute atomic E-state index is 13.0. The third-order valence-electron chi connectivity index (χ3n) is 5.20. The quantitative estimate of drug-likeness (QED) is 0.327. The minimum absolute atomic E-state index is 0.187. The summed E-state index contributed by atoms with van der Waals surface area (Å²) in [6, 6.07) is 11.4. The fraction of sp³-hybridized carbons (Fsp3) is 0.130. The van der Waals surface area contributed by atoms with Crippen molar-refractivity contribution in [2.75, 3.05) is 7.11 Å². The number of alkyl halides is 3. The molecule has 0 spiro atoms. The van der Waals surface area contributed by atoms with Gasteiger partial charge in [0.15, 0.2) is 0 Å². The minimum Gasteiger partial charge on any atom is -0.496 e. The van der Waals surface area contributed by atoms with E-state index in [0.29, 0.717) is 5.56 Å². The van der Waals surface area contributed by atoms with Crippen molar-refractivity contribution in [2.24, 2.45) is 7.05 Å². The number of pyridine rings is 1. The molecule has 0 N–H and O–H groups in total. The first-order valence-electron chi connectivity index (χ1n) is 9.65. The lowest BCUT2D eigenvalue weighted by atomic mass is 10.1. The highest BCUT2D eigenvalue weighted by Gasteiger charge is 2.31. The number of hydrogen-bond acceptors (Lipinski definition) is 4. The number of nitrogens with zero attached hydrogens (tertiary/aromatic N) is 4. The van der Waals surface area contributed by atoms with E-state index in [9.17, 15) is 13.2 Å². The van der Waals surface area contributed by atoms with Crippen molar-refractivity contribution in [3.8, 4) is 37.9 Å². The van der Waals surface area contributed by atoms with Gasteiger partial charge < -0.3 is 4.74 Å². The van der Waals surface area contributed by atoms with E-state index in [-0.39, 0.29) is 5.75 Å². The van der Waals surface area contributed by atoms with Gasteiger partial charge in [0.05, 0.1) is 35.6 Å². The normalized spacial score (nSPS) is 11.9. The smallest absolute Gasteiger partial charge is 0.416 e. The lowest BCUT2D eigenvalue weighted by Gasteiger charge is -2.11. The zero-order valence-electron chi connectivity index (χ0n) is 17.1. The van der Waals surface area contributed by atoms with Crippen LogP contribution in [0, 0.1) is 0 Å². The zero-order valence-corrected chi connectivity index (χ0v) is 17.9. The Hall–Kier alpha value is -3.59. The Morgan fingerprint density at radius 2 is 1.78 bits per heavy atom. The predicted molar refractivity (Wildman–Crippen MR) is 118 cm³/mol. The van der Waals surface area contributed by atoms with Crippen LogP contribution in [0.2, 0.25) is 0 Å². The molecule has 1 aromatic carbocycles. The number of benzene rings is 1. The molecule has 9 heteroatoms. The fourth-order valence-corrected chi connectivity index (χ4v) is 4.65. The summed E-state index contributed by atoms with van der Waals surface area (Å²) < 4.78 is 48.1. The molecule has 0 bridgehead atoms. The van der Waals surface area contributed by atoms with Crippen LogP contribution in [-0.4, -0.2) is 26.3 Å². The standard InChI is InChI=1S/C23H17F3N4OS/c1-29-13-15(11-28-29)14-7-8-30-18(12-27-22(30)9-14)21-6-5-20(32-21)17-4-3-16(23(24,25)26)10-19(17)31-2/h3-13H,1-2H3. The molecule has 162 valence electrons. The number of aryl methyl sites for hydroxylation is 1. The molecule has 5 rings (SSSR count). The lowest BCUT2D eigenvalue weighted by molar-refractivity contribution is -0.137. The molecular formula is C23H17F3N4OS. The predicted octanol–water partition coefficient (Wildman–Crippen LogP) is 6.16. The molecule has 5 aromatic rings. The Balaban J connectivity index is 1.51. The van der Waals surface area contributed by atoms with E-state index in [2.05, 4.69) is 10.1 Å². The summed E-state index contributed by atoms with van der Waals surface area (Å²) in [5.74, 6) is 0.187. The Morgan fingerprint density at radius 3 is 2.50 bits per heavy atom. The molecule has 0 saturated heterocycles. The number of ether oxygens (including phenoxy) is 1. The molecule has 0 aliphatic carbocycles. The molecule has 0 atom stereocenters. The molecule has 32 heavy (non-hydrogen) atoms. The van der Waals surface area contributed by atoms with E-state index in [1.807, 2.05) is 48.1 Å². The molecule has 0 amide bonds. The summed E-state index contributed by atoms with van der Waals surface area (Å²) in [5.41, 5.74) is 3.60. The molecule has 0 fully saturated rings. The van der Waals surface area contributed by atoms with Gasteiger partial charge in [-0.2, -0.15) is 18.3 Å². The van der Waals surface area contributed by atoms with Crippen molar-refractivity contribution in [1.82, 2.24) is 19.2 Å². The SMILES string of the molecule is COc1cc(C(F)(F)F)ccc1-c1ccc(-c2cnc3cc(-c4cnn(C)c4)ccn23)s1. The Kier molecular flexibility index (Phi) is 4.78. The number of aromatic nitrogens is 4. The first-order valence-corrected chi connectivity index (χ1v) is 10.5. The summed E-state index contributed by atoms with van der Waals surface area (Å²) in [6.45, 7) is 0. The summed E-state index contributed by atoms with van der Waals surface area (Å²) in [4.78, 5) is 6.30. The van der Waals surface area contributed by atoms with Crippen molar-refractivity contribution in [2.45, 2.75) is 6.18 Å². The Morgan fingerprint density at radius 1 is 0.969 bits per heavy atom. The van der Waals surface area contributed by atoms with Crippen LogP contribution in [0.25, 0.3) is 37.8 Å². The second kappa shape index (κ2) is 7.52. The summed E-state index contributed by atoms with van der Waals surface area (Å²) in [6.07, 6.45) is 3.08. The van der Waals surface area contributed by atoms with Gasteiger partial charge in [0.2, 0.25) is 0 Å². The van der Waals surface area contributed by atoms with E-state index in [1.165, 1.54) is 24.5 Å². The van der Waals surface area contributed by atoms with Gasteiger partial charge >= 0.3 is 6.18 Å². The Bertz CT molecular complexity index is 1430. The van der Waals surface area contributed by atoms with Crippen molar-refractivity contribution < 1.29 is 17.9 Å². The minimum atomic E-state index is -4.42. The highest BCUT2D eigenvalue weighted by Crippen LogP contribution is 2.41. The third kappa shape index (κ3) is 3.54. The number of thiophene rings is 1. The largest absolute Gasteiger partial charge is 0.496 e. The first kappa shape index (κ1) is 20.3. The number of methoxy groups -OCH3 is 1. The van der Waals surface area contributed by atoms with Crippen LogP contribution in [0.3, 0.4) is 0 Å². The van der Waals surface area contributed by atoms with E-state index < -0.39 is 11.7 Å². The van der Waals surface area contributed by atoms with Crippen molar-refractivity contribution in [3.05, 3.63) is 72.8 Å². The lowest BCUT2D eigenvalue weighted by Crippen LogP contribution is -2.05. The molecular weight excluding hydrogens is 437 g/mol. The van der Waals surface area contributed by atoms with E-state index in [4.69, 9.17) is 4.74 Å². The first-order chi connectivity index (χ1) is 15.3. The average Bonchev–Trinajstić information content (AvgIpc) is 3.51. The maximum Gasteiger partial charge on any atom is 0.416 e. The summed E-state index contributed by atoms with van der Waals surface area (Å²) in [7, 11) is 3.24. The van der Waals surface area contributed by atoms with Crippen LogP contribution in [0.5, 0.6) is 5.75 Å². The second-order valence-electron chi connectivity index (χ2n) is 7.27. The summed E-state index contributed by atoms with van der Waals surface area (Å²) in [5, 5.41) is 4.21. The van der Waals surface area contributed by atoms with Crippen LogP contribution in [0.4, 0.5) is 13.2 Å². The van der Waals surface area contributed by atoms with Crippen LogP contribution in [0.1, 0.15) is 5.56 Å². The second-order valence-corrected chi connectivity index (χ2v) is 8.35. The average molecular weight is 454 g/mol. The monoisotopic (exact) mass is 454 g/mol. The van der Waals surface area contributed by atoms with E-state index in [1.54, 1.807) is 17.1 Å². The molecule has 4 aromatic heterocycles. The van der Waals surface area contributed by atoms with Gasteiger partial charge in [-0.15, -0.1) is 11.3 Å². The maximum atomic E-state index is 13.0. The van der Waals surface area contributed by atoms with Crippen molar-refractivity contribution in [3.63, 3.8) is 0 Å². The van der Waals surface area contributed by atoms with Gasteiger partial charge in [-0.3, -0.25) is 9.08 Å². The zero-order chi connectivity index (χ0) is 22.5. The number of halogens is 3. The van der Waals surface area contributed by atoms with E-state index >= 15 is 0 Å². The Labute approximate surface area is 185 Å². The van der Waals surface area contributed by atoms with Crippen molar-refractivity contribution >= 4 is 17.0 Å². The number of hydrogen-bond donors (Lipinski definition) is 0. The third-order valence-corrected chi connectivity index (χ3v) is 6.35. The molecule has 4 heterocycles. The fourth-order valence-electron chi connectivity index (χ4n) is 3.60. The van der Waals surface area contributed by atoms with Crippen LogP contribution in [-0.2, 0) is 13.2 Å². The molecule has 0 radical (unpaired) electrons. The highest BCUT2D eigenvalue weighted by molar-refractivity contribution is 7.18.